The molecule has 2 saturated heterocycles. The quantitative estimate of drug-likeness (QED) is 0.706. The van der Waals surface area contributed by atoms with Crippen molar-refractivity contribution in [3.8, 4) is 0 Å². The number of halogens is 1. The maximum absolute atomic E-state index is 12.6. The van der Waals surface area contributed by atoms with Crippen molar-refractivity contribution >= 4 is 39.2 Å². The van der Waals surface area contributed by atoms with Gasteiger partial charge < -0.3 is 15.5 Å². The van der Waals surface area contributed by atoms with Crippen LogP contribution in [0.2, 0.25) is 5.02 Å². The van der Waals surface area contributed by atoms with E-state index in [0.29, 0.717) is 23.7 Å². The first-order valence-corrected chi connectivity index (χ1v) is 11.7. The molecule has 0 aromatic heterocycles. The van der Waals surface area contributed by atoms with Gasteiger partial charge in [-0.3, -0.25) is 14.4 Å². The average Bonchev–Trinajstić information content (AvgIpc) is 3.02. The predicted octanol–water partition coefficient (Wildman–Crippen LogP) is 0.364. The third-order valence-electron chi connectivity index (χ3n) is 6.04. The van der Waals surface area contributed by atoms with Gasteiger partial charge in [-0.15, -0.1) is 0 Å². The molecule has 1 unspecified atom stereocenters. The number of rotatable bonds is 3. The van der Waals surface area contributed by atoms with Crippen LogP contribution in [0.15, 0.2) is 24.3 Å². The molecule has 0 radical (unpaired) electrons. The Morgan fingerprint density at radius 1 is 1.21 bits per heavy atom. The predicted molar refractivity (Wildman–Crippen MR) is 106 cm³/mol. The second kappa shape index (κ2) is 7.28. The van der Waals surface area contributed by atoms with E-state index in [2.05, 4.69) is 10.6 Å². The molecule has 156 valence electrons. The first-order chi connectivity index (χ1) is 13.7. The fourth-order valence-electron chi connectivity index (χ4n) is 4.58. The zero-order valence-corrected chi connectivity index (χ0v) is 17.3. The molecule has 2 aliphatic heterocycles. The molecule has 8 nitrogen and oxygen atoms in total. The van der Waals surface area contributed by atoms with Crippen LogP contribution in [0.1, 0.15) is 29.6 Å². The fourth-order valence-corrected chi connectivity index (χ4v) is 6.05. The van der Waals surface area contributed by atoms with Crippen LogP contribution >= 0.6 is 11.6 Å². The van der Waals surface area contributed by atoms with E-state index >= 15 is 0 Å². The summed E-state index contributed by atoms with van der Waals surface area (Å²) < 4.78 is 23.6. The number of carbonyl (C=O) groups excluding carboxylic acids is 3. The van der Waals surface area contributed by atoms with Gasteiger partial charge in [-0.1, -0.05) is 18.0 Å². The Morgan fingerprint density at radius 2 is 1.90 bits per heavy atom. The van der Waals surface area contributed by atoms with Crippen molar-refractivity contribution in [1.29, 1.82) is 0 Å². The van der Waals surface area contributed by atoms with Crippen molar-refractivity contribution in [3.05, 3.63) is 34.9 Å². The average molecular weight is 440 g/mol. The van der Waals surface area contributed by atoms with Crippen LogP contribution in [-0.2, 0) is 19.4 Å². The van der Waals surface area contributed by atoms with E-state index in [0.717, 1.165) is 19.3 Å². The Labute approximate surface area is 173 Å². The van der Waals surface area contributed by atoms with Crippen LogP contribution in [0.5, 0.6) is 0 Å². The molecule has 1 saturated carbocycles. The molecule has 2 N–H and O–H groups in total. The molecule has 2 atom stereocenters. The number of nitrogens with zero attached hydrogens (tertiary/aromatic N) is 1. The van der Waals surface area contributed by atoms with Crippen molar-refractivity contribution in [2.45, 2.75) is 31.3 Å². The van der Waals surface area contributed by atoms with Crippen molar-refractivity contribution < 1.29 is 22.8 Å². The number of benzene rings is 1. The summed E-state index contributed by atoms with van der Waals surface area (Å²) in [6.45, 7) is 1.07. The minimum Gasteiger partial charge on any atom is -0.351 e. The molecule has 3 amide bonds. The Balaban J connectivity index is 1.39. The van der Waals surface area contributed by atoms with Gasteiger partial charge in [0, 0.05) is 35.1 Å². The van der Waals surface area contributed by atoms with Crippen LogP contribution in [0.25, 0.3) is 0 Å². The Bertz CT molecular complexity index is 957. The molecular formula is C19H22ClN3O5S. The highest BCUT2D eigenvalue weighted by atomic mass is 35.5. The topological polar surface area (TPSA) is 113 Å². The lowest BCUT2D eigenvalue weighted by Crippen LogP contribution is -2.66. The lowest BCUT2D eigenvalue weighted by molar-refractivity contribution is -0.129. The number of hydrogen-bond donors (Lipinski definition) is 2. The third kappa shape index (κ3) is 3.98. The third-order valence-corrected chi connectivity index (χ3v) is 7.83. The molecule has 2 heterocycles. The van der Waals surface area contributed by atoms with Crippen molar-refractivity contribution in [3.63, 3.8) is 0 Å². The number of hydrogen-bond acceptors (Lipinski definition) is 5. The Hall–Kier alpha value is -2.13. The Morgan fingerprint density at radius 3 is 2.55 bits per heavy atom. The van der Waals surface area contributed by atoms with Crippen molar-refractivity contribution in [2.75, 3.05) is 24.6 Å². The summed E-state index contributed by atoms with van der Waals surface area (Å²) in [5.41, 5.74) is 0.368. The normalized spacial score (nSPS) is 27.2. The van der Waals surface area contributed by atoms with E-state index in [1.54, 1.807) is 29.2 Å². The van der Waals surface area contributed by atoms with Crippen molar-refractivity contribution in [2.24, 2.45) is 5.41 Å². The summed E-state index contributed by atoms with van der Waals surface area (Å²) in [5, 5.41) is 5.96. The smallest absolute Gasteiger partial charge is 0.253 e. The van der Waals surface area contributed by atoms with E-state index < -0.39 is 33.4 Å². The van der Waals surface area contributed by atoms with E-state index in [9.17, 15) is 22.8 Å². The van der Waals surface area contributed by atoms with Gasteiger partial charge in [-0.05, 0) is 37.1 Å². The largest absolute Gasteiger partial charge is 0.351 e. The highest BCUT2D eigenvalue weighted by molar-refractivity contribution is 7.92. The SMILES string of the molecule is O=C1CS(=O)(=O)C[C@@H](C(=O)NC2CCCC23CN(C(=O)c2ccc(Cl)cc2)C3)N1. The highest BCUT2D eigenvalue weighted by Gasteiger charge is 2.53. The number of sulfone groups is 1. The van der Waals surface area contributed by atoms with E-state index in [1.807, 2.05) is 0 Å². The van der Waals surface area contributed by atoms with Crippen molar-refractivity contribution in [1.82, 2.24) is 15.5 Å². The summed E-state index contributed by atoms with van der Waals surface area (Å²) >= 11 is 5.87. The van der Waals surface area contributed by atoms with E-state index in [-0.39, 0.29) is 23.1 Å². The monoisotopic (exact) mass is 439 g/mol. The lowest BCUT2D eigenvalue weighted by atomic mass is 9.74. The van der Waals surface area contributed by atoms with Crippen LogP contribution < -0.4 is 10.6 Å². The summed E-state index contributed by atoms with van der Waals surface area (Å²) in [6.07, 6.45) is 2.57. The molecule has 1 aromatic rings. The number of carbonyl (C=O) groups is 3. The van der Waals surface area contributed by atoms with Gasteiger partial charge >= 0.3 is 0 Å². The molecule has 3 fully saturated rings. The first kappa shape index (κ1) is 20.2. The molecule has 1 spiro atoms. The second-order valence-corrected chi connectivity index (χ2v) is 10.7. The minimum absolute atomic E-state index is 0.0742. The summed E-state index contributed by atoms with van der Waals surface area (Å²) in [5.74, 6) is -2.16. The van der Waals surface area contributed by atoms with Gasteiger partial charge in [0.05, 0.1) is 5.75 Å². The van der Waals surface area contributed by atoms with Gasteiger partial charge in [0.2, 0.25) is 11.8 Å². The van der Waals surface area contributed by atoms with Gasteiger partial charge in [-0.2, -0.15) is 0 Å². The van der Waals surface area contributed by atoms with Crippen LogP contribution in [0.3, 0.4) is 0 Å². The molecule has 3 aliphatic rings. The van der Waals surface area contributed by atoms with Gasteiger partial charge in [0.15, 0.2) is 9.84 Å². The molecule has 1 aromatic carbocycles. The molecular weight excluding hydrogens is 418 g/mol. The maximum Gasteiger partial charge on any atom is 0.253 e. The van der Waals surface area contributed by atoms with Gasteiger partial charge in [0.25, 0.3) is 5.91 Å². The highest BCUT2D eigenvalue weighted by Crippen LogP contribution is 2.46. The second-order valence-electron chi connectivity index (χ2n) is 8.16. The van der Waals surface area contributed by atoms with Gasteiger partial charge in [-0.25, -0.2) is 8.42 Å². The lowest BCUT2D eigenvalue weighted by Gasteiger charge is -2.51. The molecule has 0 bridgehead atoms. The molecule has 1 aliphatic carbocycles. The zero-order chi connectivity index (χ0) is 20.8. The minimum atomic E-state index is -3.57. The number of likely N-dealkylation sites (tertiary alicyclic amines) is 1. The zero-order valence-electron chi connectivity index (χ0n) is 15.7. The number of amides is 3. The molecule has 4 rings (SSSR count). The maximum atomic E-state index is 12.6. The van der Waals surface area contributed by atoms with Crippen LogP contribution in [-0.4, -0.2) is 67.7 Å². The summed E-state index contributed by atoms with van der Waals surface area (Å²) in [7, 11) is -3.57. The first-order valence-electron chi connectivity index (χ1n) is 9.52. The summed E-state index contributed by atoms with van der Waals surface area (Å²) in [4.78, 5) is 38.6. The van der Waals surface area contributed by atoms with Gasteiger partial charge in [0.1, 0.15) is 11.8 Å². The van der Waals surface area contributed by atoms with E-state index in [4.69, 9.17) is 11.6 Å². The van der Waals surface area contributed by atoms with Crippen LogP contribution in [0.4, 0.5) is 0 Å². The van der Waals surface area contributed by atoms with Crippen LogP contribution in [0, 0.1) is 5.41 Å². The molecule has 29 heavy (non-hydrogen) atoms. The number of nitrogens with one attached hydrogen (secondary N) is 2. The molecule has 10 heteroatoms. The summed E-state index contributed by atoms with van der Waals surface area (Å²) in [6, 6.07) is 5.52. The fraction of sp³-hybridized carbons (Fsp3) is 0.526. The standard InChI is InChI=1S/C19H22ClN3O5S/c20-13-5-3-12(4-6-13)18(26)23-10-19(11-23)7-1-2-15(19)22-17(25)14-8-29(27,28)9-16(24)21-14/h3-6,14-15H,1-2,7-11H2,(H,21,24)(H,22,25)/t14-,15?/m0/s1. The van der Waals surface area contributed by atoms with E-state index in [1.165, 1.54) is 0 Å². The Kier molecular flexibility index (Phi) is 5.06.